The van der Waals surface area contributed by atoms with Crippen LogP contribution in [0, 0.1) is 5.92 Å². The molecule has 5 nitrogen and oxygen atoms in total. The van der Waals surface area contributed by atoms with Crippen LogP contribution in [0.3, 0.4) is 0 Å². The second kappa shape index (κ2) is 5.62. The van der Waals surface area contributed by atoms with Crippen molar-refractivity contribution < 1.29 is 14.7 Å². The van der Waals surface area contributed by atoms with Crippen molar-refractivity contribution in [2.45, 2.75) is 37.8 Å². The average molecular weight is 258 g/mol. The van der Waals surface area contributed by atoms with Gasteiger partial charge < -0.3 is 15.7 Å². The summed E-state index contributed by atoms with van der Waals surface area (Å²) in [6.07, 6.45) is 3.74. The van der Waals surface area contributed by atoms with E-state index in [0.717, 1.165) is 37.2 Å². The van der Waals surface area contributed by atoms with Crippen molar-refractivity contribution in [3.8, 4) is 0 Å². The van der Waals surface area contributed by atoms with E-state index in [2.05, 4.69) is 10.6 Å². The van der Waals surface area contributed by atoms with E-state index < -0.39 is 12.0 Å². The van der Waals surface area contributed by atoms with Crippen molar-refractivity contribution >= 4 is 23.8 Å². The molecule has 0 bridgehead atoms. The molecular formula is C11H18N2O3S. The number of amides is 2. The molecule has 1 heterocycles. The van der Waals surface area contributed by atoms with E-state index in [1.807, 2.05) is 11.8 Å². The van der Waals surface area contributed by atoms with Crippen LogP contribution in [0.2, 0.25) is 0 Å². The molecular weight excluding hydrogens is 240 g/mol. The van der Waals surface area contributed by atoms with Crippen LogP contribution in [0.4, 0.5) is 4.79 Å². The second-order valence-corrected chi connectivity index (χ2v) is 5.88. The van der Waals surface area contributed by atoms with Gasteiger partial charge in [0.05, 0.1) is 0 Å². The highest BCUT2D eigenvalue weighted by Crippen LogP contribution is 2.32. The molecule has 17 heavy (non-hydrogen) atoms. The van der Waals surface area contributed by atoms with Crippen molar-refractivity contribution in [2.24, 2.45) is 5.92 Å². The molecule has 96 valence electrons. The first-order valence-corrected chi connectivity index (χ1v) is 7.20. The lowest BCUT2D eigenvalue weighted by Gasteiger charge is -2.23. The van der Waals surface area contributed by atoms with Crippen LogP contribution in [0.25, 0.3) is 0 Å². The van der Waals surface area contributed by atoms with Crippen LogP contribution in [-0.2, 0) is 4.79 Å². The minimum absolute atomic E-state index is 0.125. The minimum atomic E-state index is -0.929. The number of hydrogen-bond acceptors (Lipinski definition) is 3. The van der Waals surface area contributed by atoms with Crippen LogP contribution in [0.5, 0.6) is 0 Å². The van der Waals surface area contributed by atoms with Gasteiger partial charge in [0.25, 0.3) is 0 Å². The van der Waals surface area contributed by atoms with Gasteiger partial charge in [-0.25, -0.2) is 9.59 Å². The van der Waals surface area contributed by atoms with E-state index in [-0.39, 0.29) is 18.0 Å². The molecule has 1 saturated heterocycles. The topological polar surface area (TPSA) is 78.4 Å². The second-order valence-electron chi connectivity index (χ2n) is 4.66. The lowest BCUT2D eigenvalue weighted by molar-refractivity contribution is -0.139. The van der Waals surface area contributed by atoms with Crippen LogP contribution in [0.15, 0.2) is 0 Å². The Kier molecular flexibility index (Phi) is 4.15. The van der Waals surface area contributed by atoms with Gasteiger partial charge in [0.2, 0.25) is 0 Å². The molecule has 2 amide bonds. The third kappa shape index (κ3) is 3.80. The molecule has 1 saturated carbocycles. The van der Waals surface area contributed by atoms with Crippen LogP contribution < -0.4 is 10.6 Å². The molecule has 0 spiro atoms. The number of rotatable bonds is 4. The first-order chi connectivity index (χ1) is 8.16. The fourth-order valence-electron chi connectivity index (χ4n) is 2.02. The Labute approximate surface area is 105 Å². The van der Waals surface area contributed by atoms with Gasteiger partial charge in [0.15, 0.2) is 0 Å². The zero-order valence-corrected chi connectivity index (χ0v) is 10.5. The fourth-order valence-corrected chi connectivity index (χ4v) is 3.13. The molecule has 1 aliphatic heterocycles. The van der Waals surface area contributed by atoms with Crippen LogP contribution >= 0.6 is 11.8 Å². The Morgan fingerprint density at radius 3 is 2.35 bits per heavy atom. The molecule has 0 aromatic heterocycles. The first kappa shape index (κ1) is 12.5. The standard InChI is InChI=1S/C11H18N2O3S/c14-10(15)9(7-1-2-7)13-11(16)12-8-3-5-17-6-4-8/h7-9H,1-6H2,(H,14,15)(H2,12,13,16). The summed E-state index contributed by atoms with van der Waals surface area (Å²) in [5, 5.41) is 14.4. The Balaban J connectivity index is 1.76. The predicted octanol–water partition coefficient (Wildman–Crippen LogP) is 1.04. The van der Waals surface area contributed by atoms with Crippen molar-refractivity contribution in [1.82, 2.24) is 10.6 Å². The number of aliphatic carboxylic acids is 1. The largest absolute Gasteiger partial charge is 0.480 e. The van der Waals surface area contributed by atoms with Crippen molar-refractivity contribution in [3.63, 3.8) is 0 Å². The van der Waals surface area contributed by atoms with E-state index in [1.165, 1.54) is 0 Å². The van der Waals surface area contributed by atoms with Gasteiger partial charge in [-0.3, -0.25) is 0 Å². The molecule has 3 N–H and O–H groups in total. The monoisotopic (exact) mass is 258 g/mol. The quantitative estimate of drug-likeness (QED) is 0.704. The zero-order valence-electron chi connectivity index (χ0n) is 9.65. The lowest BCUT2D eigenvalue weighted by atomic mass is 10.1. The fraction of sp³-hybridized carbons (Fsp3) is 0.818. The highest BCUT2D eigenvalue weighted by atomic mass is 32.2. The third-order valence-corrected chi connectivity index (χ3v) is 4.25. The Bertz CT molecular complexity index is 301. The van der Waals surface area contributed by atoms with Crippen molar-refractivity contribution in [2.75, 3.05) is 11.5 Å². The van der Waals surface area contributed by atoms with Gasteiger partial charge in [-0.2, -0.15) is 11.8 Å². The van der Waals surface area contributed by atoms with Gasteiger partial charge in [-0.15, -0.1) is 0 Å². The van der Waals surface area contributed by atoms with Crippen LogP contribution in [-0.4, -0.2) is 40.7 Å². The summed E-state index contributed by atoms with van der Waals surface area (Å²) in [5.74, 6) is 1.33. The van der Waals surface area contributed by atoms with E-state index in [4.69, 9.17) is 5.11 Å². The molecule has 2 rings (SSSR count). The first-order valence-electron chi connectivity index (χ1n) is 6.04. The van der Waals surface area contributed by atoms with E-state index >= 15 is 0 Å². The molecule has 6 heteroatoms. The molecule has 0 aromatic rings. The maximum absolute atomic E-state index is 11.7. The maximum atomic E-state index is 11.7. The van der Waals surface area contributed by atoms with Crippen LogP contribution in [0.1, 0.15) is 25.7 Å². The summed E-state index contributed by atoms with van der Waals surface area (Å²) in [6, 6.07) is -0.848. The van der Waals surface area contributed by atoms with Gasteiger partial charge in [-0.1, -0.05) is 0 Å². The normalized spacial score (nSPS) is 22.8. The molecule has 1 atom stereocenters. The molecule has 1 aliphatic carbocycles. The maximum Gasteiger partial charge on any atom is 0.326 e. The third-order valence-electron chi connectivity index (χ3n) is 3.20. The number of nitrogens with one attached hydrogen (secondary N) is 2. The van der Waals surface area contributed by atoms with E-state index in [0.29, 0.717) is 0 Å². The average Bonchev–Trinajstić information content (AvgIpc) is 3.11. The number of thioether (sulfide) groups is 1. The number of carbonyl (C=O) groups excluding carboxylic acids is 1. The Morgan fingerprint density at radius 2 is 1.82 bits per heavy atom. The summed E-state index contributed by atoms with van der Waals surface area (Å²) in [4.78, 5) is 22.6. The Hall–Kier alpha value is -0.910. The Morgan fingerprint density at radius 1 is 1.18 bits per heavy atom. The number of hydrogen-bond donors (Lipinski definition) is 3. The zero-order chi connectivity index (χ0) is 12.3. The lowest BCUT2D eigenvalue weighted by Crippen LogP contribution is -2.50. The summed E-state index contributed by atoms with van der Waals surface area (Å²) >= 11 is 1.89. The molecule has 0 radical (unpaired) electrons. The van der Waals surface area contributed by atoms with E-state index in [1.54, 1.807) is 0 Å². The van der Waals surface area contributed by atoms with Crippen molar-refractivity contribution in [1.29, 1.82) is 0 Å². The summed E-state index contributed by atoms with van der Waals surface area (Å²) in [5.41, 5.74) is 0. The summed E-state index contributed by atoms with van der Waals surface area (Å²) in [6.45, 7) is 0. The molecule has 1 unspecified atom stereocenters. The summed E-state index contributed by atoms with van der Waals surface area (Å²) in [7, 11) is 0. The number of urea groups is 1. The highest BCUT2D eigenvalue weighted by Gasteiger charge is 2.37. The van der Waals surface area contributed by atoms with Gasteiger partial charge in [-0.05, 0) is 43.1 Å². The van der Waals surface area contributed by atoms with E-state index in [9.17, 15) is 9.59 Å². The van der Waals surface area contributed by atoms with Gasteiger partial charge in [0.1, 0.15) is 6.04 Å². The minimum Gasteiger partial charge on any atom is -0.480 e. The number of carboxylic acid groups (broad SMARTS) is 1. The van der Waals surface area contributed by atoms with Gasteiger partial charge in [0, 0.05) is 6.04 Å². The smallest absolute Gasteiger partial charge is 0.326 e. The molecule has 2 fully saturated rings. The van der Waals surface area contributed by atoms with Crippen molar-refractivity contribution in [3.05, 3.63) is 0 Å². The SMILES string of the molecule is O=C(NC1CCSCC1)NC(C(=O)O)C1CC1. The highest BCUT2D eigenvalue weighted by molar-refractivity contribution is 7.99. The number of carboxylic acids is 1. The molecule has 0 aromatic carbocycles. The number of carbonyl (C=O) groups is 2. The summed E-state index contributed by atoms with van der Waals surface area (Å²) < 4.78 is 0. The van der Waals surface area contributed by atoms with Gasteiger partial charge >= 0.3 is 12.0 Å². The predicted molar refractivity (Wildman–Crippen MR) is 66.2 cm³/mol. The molecule has 2 aliphatic rings.